The van der Waals surface area contributed by atoms with Gasteiger partial charge < -0.3 is 29.5 Å². The summed E-state index contributed by atoms with van der Waals surface area (Å²) in [5.41, 5.74) is 8.06. The van der Waals surface area contributed by atoms with E-state index < -0.39 is 11.9 Å². The number of phenolic OH excluding ortho intramolecular Hbond substituents is 1. The molecule has 4 aromatic carbocycles. The molecule has 1 unspecified atom stereocenters. The molecular weight excluding hydrogens is 670 g/mol. The minimum absolute atomic E-state index is 0.170. The molecular formula is C43H47N3O7. The Bertz CT molecular complexity index is 1890. The van der Waals surface area contributed by atoms with E-state index in [1.807, 2.05) is 42.5 Å². The Hall–Kier alpha value is -5.45. The molecule has 1 atom stereocenters. The summed E-state index contributed by atoms with van der Waals surface area (Å²) in [5.74, 6) is 0.155. The van der Waals surface area contributed by atoms with E-state index in [0.29, 0.717) is 51.6 Å². The van der Waals surface area contributed by atoms with Crippen LogP contribution in [0.25, 0.3) is 11.1 Å². The number of hydrogen-bond donors (Lipinski definition) is 3. The number of hydrogen-bond acceptors (Lipinski definition) is 8. The molecule has 0 radical (unpaired) electrons. The van der Waals surface area contributed by atoms with Crippen LogP contribution in [0.15, 0.2) is 97.1 Å². The van der Waals surface area contributed by atoms with Gasteiger partial charge >= 0.3 is 0 Å². The first kappa shape index (κ1) is 37.3. The molecule has 0 saturated carbocycles. The van der Waals surface area contributed by atoms with Crippen molar-refractivity contribution in [1.82, 2.24) is 10.2 Å². The SMILES string of the molecule is CCC(=C(c1ccc(O)cc1)c1ccc(OCCOCCCOCCCNc2ccc3c(c2)CN(C2CCC(=O)NC2=O)C3=O)cc1)c1ccccc1. The molecule has 2 aliphatic rings. The van der Waals surface area contributed by atoms with Gasteiger partial charge in [-0.3, -0.25) is 19.7 Å². The molecule has 276 valence electrons. The van der Waals surface area contributed by atoms with Gasteiger partial charge in [-0.25, -0.2) is 0 Å². The number of ether oxygens (including phenoxy) is 3. The van der Waals surface area contributed by atoms with E-state index in [4.69, 9.17) is 14.2 Å². The smallest absolute Gasteiger partial charge is 0.255 e. The molecule has 2 heterocycles. The quantitative estimate of drug-likeness (QED) is 0.0582. The van der Waals surface area contributed by atoms with Gasteiger partial charge in [0.1, 0.15) is 24.1 Å². The summed E-state index contributed by atoms with van der Waals surface area (Å²) >= 11 is 0. The highest BCUT2D eigenvalue weighted by Gasteiger charge is 2.39. The third-order valence-electron chi connectivity index (χ3n) is 9.47. The molecule has 0 spiro atoms. The number of carbonyl (C=O) groups is 3. The number of anilines is 1. The minimum atomic E-state index is -0.611. The second-order valence-electron chi connectivity index (χ2n) is 13.1. The first-order chi connectivity index (χ1) is 25.9. The van der Waals surface area contributed by atoms with Gasteiger partial charge in [0.25, 0.3) is 5.91 Å². The number of piperidine rings is 1. The normalized spacial score (nSPS) is 15.9. The van der Waals surface area contributed by atoms with Crippen molar-refractivity contribution in [2.75, 3.05) is 44.9 Å². The molecule has 0 bridgehead atoms. The van der Waals surface area contributed by atoms with Crippen LogP contribution < -0.4 is 15.4 Å². The molecule has 53 heavy (non-hydrogen) atoms. The zero-order valence-electron chi connectivity index (χ0n) is 30.1. The Morgan fingerprint density at radius 3 is 2.23 bits per heavy atom. The lowest BCUT2D eigenvalue weighted by molar-refractivity contribution is -0.136. The van der Waals surface area contributed by atoms with Gasteiger partial charge in [0.2, 0.25) is 11.8 Å². The molecule has 0 aliphatic carbocycles. The Kier molecular flexibility index (Phi) is 12.9. The number of imide groups is 1. The van der Waals surface area contributed by atoms with Crippen molar-refractivity contribution in [2.24, 2.45) is 0 Å². The first-order valence-corrected chi connectivity index (χ1v) is 18.4. The summed E-state index contributed by atoms with van der Waals surface area (Å²) in [6, 6.07) is 30.9. The molecule has 6 rings (SSSR count). The lowest BCUT2D eigenvalue weighted by Crippen LogP contribution is -2.52. The van der Waals surface area contributed by atoms with E-state index in [1.165, 1.54) is 11.1 Å². The van der Waals surface area contributed by atoms with Gasteiger partial charge in [0, 0.05) is 50.6 Å². The zero-order valence-corrected chi connectivity index (χ0v) is 30.1. The lowest BCUT2D eigenvalue weighted by Gasteiger charge is -2.29. The summed E-state index contributed by atoms with van der Waals surface area (Å²) in [6.07, 6.45) is 3.06. The predicted molar refractivity (Wildman–Crippen MR) is 205 cm³/mol. The van der Waals surface area contributed by atoms with E-state index in [2.05, 4.69) is 54.0 Å². The second-order valence-corrected chi connectivity index (χ2v) is 13.1. The Labute approximate surface area is 310 Å². The number of carbonyl (C=O) groups excluding carboxylic acids is 3. The highest BCUT2D eigenvalue weighted by molar-refractivity contribution is 6.05. The third kappa shape index (κ3) is 9.71. The van der Waals surface area contributed by atoms with Crippen molar-refractivity contribution in [3.8, 4) is 11.5 Å². The summed E-state index contributed by atoms with van der Waals surface area (Å²) in [5, 5.41) is 15.6. The monoisotopic (exact) mass is 717 g/mol. The highest BCUT2D eigenvalue weighted by Crippen LogP contribution is 2.36. The number of benzene rings is 4. The number of phenols is 1. The van der Waals surface area contributed by atoms with Crippen LogP contribution in [0, 0.1) is 0 Å². The summed E-state index contributed by atoms with van der Waals surface area (Å²) in [7, 11) is 0. The van der Waals surface area contributed by atoms with E-state index in [-0.39, 0.29) is 24.0 Å². The molecule has 3 amide bonds. The van der Waals surface area contributed by atoms with E-state index in [1.54, 1.807) is 23.1 Å². The highest BCUT2D eigenvalue weighted by atomic mass is 16.5. The maximum atomic E-state index is 12.9. The van der Waals surface area contributed by atoms with Crippen LogP contribution in [0.5, 0.6) is 11.5 Å². The van der Waals surface area contributed by atoms with Crippen molar-refractivity contribution in [3.05, 3.63) is 125 Å². The summed E-state index contributed by atoms with van der Waals surface area (Å²) in [4.78, 5) is 38.2. The van der Waals surface area contributed by atoms with Crippen LogP contribution >= 0.6 is 0 Å². The Morgan fingerprint density at radius 2 is 1.51 bits per heavy atom. The van der Waals surface area contributed by atoms with Crippen LogP contribution in [0.2, 0.25) is 0 Å². The molecule has 1 fully saturated rings. The molecule has 2 aliphatic heterocycles. The average molecular weight is 718 g/mol. The van der Waals surface area contributed by atoms with Crippen molar-refractivity contribution >= 4 is 34.6 Å². The van der Waals surface area contributed by atoms with Gasteiger partial charge in [-0.05, 0) is 102 Å². The van der Waals surface area contributed by atoms with E-state index in [0.717, 1.165) is 59.5 Å². The van der Waals surface area contributed by atoms with Gasteiger partial charge in [0.15, 0.2) is 0 Å². The van der Waals surface area contributed by atoms with Crippen LogP contribution in [0.3, 0.4) is 0 Å². The van der Waals surface area contributed by atoms with Crippen molar-refractivity contribution in [1.29, 1.82) is 0 Å². The molecule has 3 N–H and O–H groups in total. The van der Waals surface area contributed by atoms with E-state index >= 15 is 0 Å². The summed E-state index contributed by atoms with van der Waals surface area (Å²) < 4.78 is 17.5. The first-order valence-electron chi connectivity index (χ1n) is 18.4. The number of allylic oxidation sites excluding steroid dienone is 1. The lowest BCUT2D eigenvalue weighted by atomic mass is 9.88. The number of fused-ring (bicyclic) bond motifs is 1. The second kappa shape index (κ2) is 18.3. The number of nitrogens with one attached hydrogen (secondary N) is 2. The molecule has 4 aromatic rings. The standard InChI is InChI=1S/C43H47N3O7/c1-2-37(30-8-4-3-5-9-30)41(31-10-15-35(47)16-11-31)32-12-17-36(18-13-32)53-27-26-52-25-7-24-51-23-6-22-44-34-14-19-38-33(28-34)29-46(43(38)50)39-20-21-40(48)45-42(39)49/h3-5,8-19,28,39,44,47H,2,6-7,20-27,29H2,1H3,(H,45,48,49). The Balaban J connectivity index is 0.855. The molecule has 1 saturated heterocycles. The molecule has 10 nitrogen and oxygen atoms in total. The van der Waals surface area contributed by atoms with Gasteiger partial charge in [-0.1, -0.05) is 61.5 Å². The largest absolute Gasteiger partial charge is 0.508 e. The van der Waals surface area contributed by atoms with Gasteiger partial charge in [-0.15, -0.1) is 0 Å². The maximum absolute atomic E-state index is 12.9. The van der Waals surface area contributed by atoms with Gasteiger partial charge in [-0.2, -0.15) is 0 Å². The number of rotatable bonds is 18. The summed E-state index contributed by atoms with van der Waals surface area (Å²) in [6.45, 7) is 5.99. The predicted octanol–water partition coefficient (Wildman–Crippen LogP) is 6.83. The number of amides is 3. The molecule has 10 heteroatoms. The number of nitrogens with zero attached hydrogens (tertiary/aromatic N) is 1. The van der Waals surface area contributed by atoms with Crippen LogP contribution in [0.4, 0.5) is 5.69 Å². The zero-order chi connectivity index (χ0) is 37.0. The fourth-order valence-corrected chi connectivity index (χ4v) is 6.80. The topological polar surface area (TPSA) is 126 Å². The van der Waals surface area contributed by atoms with Crippen molar-refractivity contribution in [2.45, 2.75) is 51.6 Å². The fourth-order valence-electron chi connectivity index (χ4n) is 6.80. The van der Waals surface area contributed by atoms with Crippen molar-refractivity contribution < 1.29 is 33.7 Å². The maximum Gasteiger partial charge on any atom is 0.255 e. The Morgan fingerprint density at radius 1 is 0.811 bits per heavy atom. The third-order valence-corrected chi connectivity index (χ3v) is 9.47. The van der Waals surface area contributed by atoms with Crippen LogP contribution in [0.1, 0.15) is 71.6 Å². The fraction of sp³-hybridized carbons (Fsp3) is 0.326. The van der Waals surface area contributed by atoms with Crippen LogP contribution in [-0.4, -0.2) is 73.3 Å². The average Bonchev–Trinajstić information content (AvgIpc) is 3.50. The van der Waals surface area contributed by atoms with Crippen molar-refractivity contribution in [3.63, 3.8) is 0 Å². The minimum Gasteiger partial charge on any atom is -0.508 e. The van der Waals surface area contributed by atoms with E-state index in [9.17, 15) is 19.5 Å². The number of aromatic hydroxyl groups is 1. The van der Waals surface area contributed by atoms with Crippen LogP contribution in [-0.2, 0) is 25.6 Å². The van der Waals surface area contributed by atoms with Gasteiger partial charge in [0.05, 0.1) is 6.61 Å². The molecule has 0 aromatic heterocycles.